The molecule has 1 heterocycles. The lowest BCUT2D eigenvalue weighted by Crippen LogP contribution is -1.95. The van der Waals surface area contributed by atoms with Gasteiger partial charge in [-0.1, -0.05) is 42.5 Å². The Morgan fingerprint density at radius 3 is 2.50 bits per heavy atom. The molecule has 1 N–H and O–H groups in total. The summed E-state index contributed by atoms with van der Waals surface area (Å²) < 4.78 is 1.06. The maximum Gasteiger partial charge on any atom is 0.0874 e. The summed E-state index contributed by atoms with van der Waals surface area (Å²) in [5.41, 5.74) is 5.38. The van der Waals surface area contributed by atoms with Crippen molar-refractivity contribution in [3.05, 3.63) is 58.6 Å². The monoisotopic (exact) mass is 326 g/mol. The summed E-state index contributed by atoms with van der Waals surface area (Å²) in [6, 6.07) is 16.6. The van der Waals surface area contributed by atoms with Gasteiger partial charge in [-0.25, -0.2) is 4.98 Å². The fourth-order valence-corrected chi connectivity index (χ4v) is 2.76. The van der Waals surface area contributed by atoms with Gasteiger partial charge < -0.3 is 5.32 Å². The summed E-state index contributed by atoms with van der Waals surface area (Å²) in [6.07, 6.45) is 0. The van der Waals surface area contributed by atoms with E-state index in [2.05, 4.69) is 58.5 Å². The number of rotatable bonds is 2. The van der Waals surface area contributed by atoms with Crippen LogP contribution in [0.1, 0.15) is 5.56 Å². The Morgan fingerprint density at radius 1 is 1.05 bits per heavy atom. The van der Waals surface area contributed by atoms with Gasteiger partial charge >= 0.3 is 0 Å². The van der Waals surface area contributed by atoms with Crippen molar-refractivity contribution in [2.75, 3.05) is 12.4 Å². The Morgan fingerprint density at radius 2 is 1.80 bits per heavy atom. The minimum atomic E-state index is 0.980. The predicted octanol–water partition coefficient (Wildman–Crippen LogP) is 5.01. The number of hydrogen-bond acceptors (Lipinski definition) is 2. The molecule has 0 saturated carbocycles. The molecular weight excluding hydrogens is 312 g/mol. The molecule has 1 aromatic heterocycles. The van der Waals surface area contributed by atoms with Crippen molar-refractivity contribution < 1.29 is 0 Å². The fourth-order valence-electron chi connectivity index (χ4n) is 2.32. The van der Waals surface area contributed by atoms with Gasteiger partial charge in [0, 0.05) is 28.2 Å². The number of pyridine rings is 1. The van der Waals surface area contributed by atoms with Gasteiger partial charge in [-0.05, 0) is 34.5 Å². The van der Waals surface area contributed by atoms with Crippen molar-refractivity contribution in [1.29, 1.82) is 0 Å². The summed E-state index contributed by atoms with van der Waals surface area (Å²) in [4.78, 5) is 4.83. The van der Waals surface area contributed by atoms with Crippen LogP contribution in [0.4, 0.5) is 5.69 Å². The Hall–Kier alpha value is -1.87. The van der Waals surface area contributed by atoms with Gasteiger partial charge in [0.1, 0.15) is 0 Å². The molecule has 2 aromatic carbocycles. The first kappa shape index (κ1) is 13.1. The standard InChI is InChI=1S/C17H15BrN2/c1-11-8-9-13-15(19-2)10-14(20-17(13)16(11)18)12-6-4-3-5-7-12/h3-10H,1-2H3,(H,19,20). The number of nitrogens with zero attached hydrogens (tertiary/aromatic N) is 1. The zero-order valence-corrected chi connectivity index (χ0v) is 13.0. The molecule has 0 atom stereocenters. The van der Waals surface area contributed by atoms with Crippen LogP contribution in [0.3, 0.4) is 0 Å². The van der Waals surface area contributed by atoms with Crippen molar-refractivity contribution in [3.63, 3.8) is 0 Å². The Labute approximate surface area is 127 Å². The highest BCUT2D eigenvalue weighted by atomic mass is 79.9. The molecule has 2 nitrogen and oxygen atoms in total. The highest BCUT2D eigenvalue weighted by Gasteiger charge is 2.10. The van der Waals surface area contributed by atoms with E-state index in [9.17, 15) is 0 Å². The molecule has 0 aliphatic heterocycles. The van der Waals surface area contributed by atoms with Gasteiger partial charge in [-0.3, -0.25) is 0 Å². The molecule has 0 saturated heterocycles. The summed E-state index contributed by atoms with van der Waals surface area (Å²) in [6.45, 7) is 2.08. The number of aromatic nitrogens is 1. The molecule has 0 aliphatic rings. The van der Waals surface area contributed by atoms with E-state index < -0.39 is 0 Å². The normalized spacial score (nSPS) is 10.8. The summed E-state index contributed by atoms with van der Waals surface area (Å²) in [7, 11) is 1.94. The Kier molecular flexibility index (Phi) is 3.45. The number of nitrogens with one attached hydrogen (secondary N) is 1. The van der Waals surface area contributed by atoms with Gasteiger partial charge in [-0.15, -0.1) is 0 Å². The maximum atomic E-state index is 4.83. The third kappa shape index (κ3) is 2.18. The smallest absolute Gasteiger partial charge is 0.0874 e. The maximum absolute atomic E-state index is 4.83. The quantitative estimate of drug-likeness (QED) is 0.715. The lowest BCUT2D eigenvalue weighted by molar-refractivity contribution is 1.35. The number of benzene rings is 2. The Bertz CT molecular complexity index is 767. The van der Waals surface area contributed by atoms with Crippen LogP contribution in [-0.2, 0) is 0 Å². The minimum absolute atomic E-state index is 0.980. The highest BCUT2D eigenvalue weighted by molar-refractivity contribution is 9.10. The number of aryl methyl sites for hydroxylation is 1. The average molecular weight is 327 g/mol. The van der Waals surface area contributed by atoms with E-state index in [1.807, 2.05) is 25.2 Å². The zero-order valence-electron chi connectivity index (χ0n) is 11.4. The van der Waals surface area contributed by atoms with Crippen LogP contribution in [0.2, 0.25) is 0 Å². The van der Waals surface area contributed by atoms with E-state index in [1.165, 1.54) is 5.56 Å². The van der Waals surface area contributed by atoms with Gasteiger partial charge in [-0.2, -0.15) is 0 Å². The zero-order chi connectivity index (χ0) is 14.1. The largest absolute Gasteiger partial charge is 0.388 e. The molecule has 3 rings (SSSR count). The molecule has 3 aromatic rings. The van der Waals surface area contributed by atoms with E-state index in [0.29, 0.717) is 0 Å². The van der Waals surface area contributed by atoms with Crippen LogP contribution in [-0.4, -0.2) is 12.0 Å². The first-order valence-corrected chi connectivity index (χ1v) is 7.33. The third-order valence-electron chi connectivity index (χ3n) is 3.45. The summed E-state index contributed by atoms with van der Waals surface area (Å²) >= 11 is 3.66. The second kappa shape index (κ2) is 5.25. The molecular formula is C17H15BrN2. The molecule has 0 spiro atoms. The van der Waals surface area contributed by atoms with Crippen molar-refractivity contribution in [3.8, 4) is 11.3 Å². The van der Waals surface area contributed by atoms with Crippen LogP contribution < -0.4 is 5.32 Å². The predicted molar refractivity (Wildman–Crippen MR) is 89.2 cm³/mol. The van der Waals surface area contributed by atoms with Gasteiger partial charge in [0.2, 0.25) is 0 Å². The van der Waals surface area contributed by atoms with Crippen molar-refractivity contribution in [2.45, 2.75) is 6.92 Å². The van der Waals surface area contributed by atoms with Gasteiger partial charge in [0.25, 0.3) is 0 Å². The van der Waals surface area contributed by atoms with Crippen molar-refractivity contribution in [2.24, 2.45) is 0 Å². The van der Waals surface area contributed by atoms with Gasteiger partial charge in [0.15, 0.2) is 0 Å². The van der Waals surface area contributed by atoms with E-state index in [-0.39, 0.29) is 0 Å². The molecule has 0 bridgehead atoms. The highest BCUT2D eigenvalue weighted by Crippen LogP contribution is 2.33. The molecule has 3 heteroatoms. The van der Waals surface area contributed by atoms with E-state index in [0.717, 1.165) is 32.3 Å². The molecule has 0 radical (unpaired) electrons. The fraction of sp³-hybridized carbons (Fsp3) is 0.118. The Balaban J connectivity index is 2.33. The van der Waals surface area contributed by atoms with Crippen LogP contribution in [0.5, 0.6) is 0 Å². The minimum Gasteiger partial charge on any atom is -0.388 e. The topological polar surface area (TPSA) is 24.9 Å². The number of anilines is 1. The summed E-state index contributed by atoms with van der Waals surface area (Å²) in [5, 5.41) is 4.40. The van der Waals surface area contributed by atoms with E-state index >= 15 is 0 Å². The number of hydrogen-bond donors (Lipinski definition) is 1. The number of fused-ring (bicyclic) bond motifs is 1. The van der Waals surface area contributed by atoms with Crippen molar-refractivity contribution in [1.82, 2.24) is 4.98 Å². The molecule has 0 fully saturated rings. The number of halogens is 1. The lowest BCUT2D eigenvalue weighted by atomic mass is 10.1. The first-order chi connectivity index (χ1) is 9.70. The summed E-state index contributed by atoms with van der Waals surface area (Å²) in [5.74, 6) is 0. The average Bonchev–Trinajstić information content (AvgIpc) is 2.51. The van der Waals surface area contributed by atoms with E-state index in [4.69, 9.17) is 4.98 Å². The molecule has 0 amide bonds. The SMILES string of the molecule is CNc1cc(-c2ccccc2)nc2c(Br)c(C)ccc12. The molecule has 0 aliphatic carbocycles. The first-order valence-electron chi connectivity index (χ1n) is 6.53. The second-order valence-electron chi connectivity index (χ2n) is 4.76. The van der Waals surface area contributed by atoms with Crippen LogP contribution in [0.25, 0.3) is 22.2 Å². The van der Waals surface area contributed by atoms with Crippen LogP contribution in [0, 0.1) is 6.92 Å². The van der Waals surface area contributed by atoms with Crippen molar-refractivity contribution >= 4 is 32.5 Å². The molecule has 100 valence electrons. The van der Waals surface area contributed by atoms with Crippen LogP contribution >= 0.6 is 15.9 Å². The lowest BCUT2D eigenvalue weighted by Gasteiger charge is -2.11. The van der Waals surface area contributed by atoms with Gasteiger partial charge in [0.05, 0.1) is 11.2 Å². The third-order valence-corrected chi connectivity index (χ3v) is 4.45. The van der Waals surface area contributed by atoms with Crippen LogP contribution in [0.15, 0.2) is 53.0 Å². The molecule has 0 unspecified atom stereocenters. The second-order valence-corrected chi connectivity index (χ2v) is 5.56. The molecule has 20 heavy (non-hydrogen) atoms. The van der Waals surface area contributed by atoms with E-state index in [1.54, 1.807) is 0 Å².